The summed E-state index contributed by atoms with van der Waals surface area (Å²) in [6, 6.07) is -0.0402. The van der Waals surface area contributed by atoms with Crippen molar-refractivity contribution in [2.75, 3.05) is 11.9 Å². The van der Waals surface area contributed by atoms with Gasteiger partial charge in [0.1, 0.15) is 5.82 Å². The van der Waals surface area contributed by atoms with Crippen molar-refractivity contribution in [1.82, 2.24) is 9.97 Å². The van der Waals surface area contributed by atoms with Gasteiger partial charge in [-0.3, -0.25) is 0 Å². The van der Waals surface area contributed by atoms with Crippen molar-refractivity contribution in [2.24, 2.45) is 0 Å². The molecule has 0 bridgehead atoms. The highest BCUT2D eigenvalue weighted by Gasteiger charge is 2.16. The summed E-state index contributed by atoms with van der Waals surface area (Å²) in [5.41, 5.74) is 0.353. The van der Waals surface area contributed by atoms with Gasteiger partial charge in [0.25, 0.3) is 0 Å². The second-order valence-electron chi connectivity index (χ2n) is 4.51. The Hall–Kier alpha value is -1.69. The molecule has 0 radical (unpaired) electrons. The van der Waals surface area contributed by atoms with E-state index in [4.69, 9.17) is 10.2 Å². The number of hydrogen-bond donors (Lipinski definition) is 3. The van der Waals surface area contributed by atoms with Crippen molar-refractivity contribution in [2.45, 2.75) is 39.2 Å². The van der Waals surface area contributed by atoms with Crippen LogP contribution in [0.5, 0.6) is 0 Å². The highest BCUT2D eigenvalue weighted by atomic mass is 16.4. The molecule has 6 heteroatoms. The van der Waals surface area contributed by atoms with Crippen LogP contribution in [0.1, 0.15) is 49.4 Å². The van der Waals surface area contributed by atoms with Crippen molar-refractivity contribution in [3.8, 4) is 0 Å². The number of aromatic carboxylic acids is 1. The van der Waals surface area contributed by atoms with E-state index in [-0.39, 0.29) is 24.3 Å². The summed E-state index contributed by atoms with van der Waals surface area (Å²) >= 11 is 0. The molecule has 0 aliphatic rings. The number of nitrogens with one attached hydrogen (secondary N) is 1. The van der Waals surface area contributed by atoms with Crippen molar-refractivity contribution in [1.29, 1.82) is 0 Å². The Morgan fingerprint density at radius 2 is 2.11 bits per heavy atom. The smallest absolute Gasteiger partial charge is 0.356 e. The average Bonchev–Trinajstić information content (AvgIpc) is 2.29. The van der Waals surface area contributed by atoms with Crippen LogP contribution in [0.2, 0.25) is 0 Å². The maximum absolute atomic E-state index is 11.2. The molecule has 1 aromatic heterocycles. The van der Waals surface area contributed by atoms with Gasteiger partial charge in [0.15, 0.2) is 5.69 Å². The summed E-state index contributed by atoms with van der Waals surface area (Å²) < 4.78 is 0. The molecule has 0 fully saturated rings. The molecule has 0 saturated heterocycles. The second kappa shape index (κ2) is 6.30. The molecule has 1 unspecified atom stereocenters. The zero-order valence-electron chi connectivity index (χ0n) is 10.8. The topological polar surface area (TPSA) is 95.3 Å². The Kier molecular flexibility index (Phi) is 5.03. The van der Waals surface area contributed by atoms with Crippen molar-refractivity contribution < 1.29 is 15.0 Å². The van der Waals surface area contributed by atoms with E-state index in [2.05, 4.69) is 15.3 Å². The Bertz CT molecular complexity index is 421. The first-order chi connectivity index (χ1) is 8.45. The van der Waals surface area contributed by atoms with Crippen LogP contribution in [-0.2, 0) is 0 Å². The fraction of sp³-hybridized carbons (Fsp3) is 0.583. The fourth-order valence-electron chi connectivity index (χ4n) is 1.47. The number of carboxylic acid groups (broad SMARTS) is 1. The Balaban J connectivity index is 3.00. The minimum atomic E-state index is -1.09. The molecule has 0 amide bonds. The van der Waals surface area contributed by atoms with Crippen LogP contribution in [0.15, 0.2) is 6.20 Å². The number of nitrogens with zero attached hydrogens (tertiary/aromatic N) is 2. The van der Waals surface area contributed by atoms with Crippen LogP contribution in [-0.4, -0.2) is 38.8 Å². The van der Waals surface area contributed by atoms with Gasteiger partial charge in [-0.25, -0.2) is 14.8 Å². The summed E-state index contributed by atoms with van der Waals surface area (Å²) in [5, 5.41) is 21.0. The molecule has 0 aliphatic carbocycles. The first kappa shape index (κ1) is 14.4. The van der Waals surface area contributed by atoms with E-state index < -0.39 is 5.97 Å². The Morgan fingerprint density at radius 3 is 2.61 bits per heavy atom. The van der Waals surface area contributed by atoms with Gasteiger partial charge < -0.3 is 15.5 Å². The summed E-state index contributed by atoms with van der Waals surface area (Å²) in [6.07, 6.45) is 2.02. The zero-order chi connectivity index (χ0) is 13.7. The highest BCUT2D eigenvalue weighted by molar-refractivity contribution is 5.91. The monoisotopic (exact) mass is 253 g/mol. The molecule has 6 nitrogen and oxygen atoms in total. The SMILES string of the molecule is CC(CCO)Nc1cnc(C(C)C)nc1C(=O)O. The molecule has 18 heavy (non-hydrogen) atoms. The third kappa shape index (κ3) is 3.66. The van der Waals surface area contributed by atoms with Gasteiger partial charge in [-0.15, -0.1) is 0 Å². The summed E-state index contributed by atoms with van der Waals surface area (Å²) in [7, 11) is 0. The van der Waals surface area contributed by atoms with Crippen LogP contribution in [0.3, 0.4) is 0 Å². The quantitative estimate of drug-likeness (QED) is 0.710. The molecule has 0 aliphatic heterocycles. The number of aliphatic hydroxyl groups is 1. The number of aromatic nitrogens is 2. The largest absolute Gasteiger partial charge is 0.476 e. The molecule has 0 saturated carbocycles. The zero-order valence-corrected chi connectivity index (χ0v) is 10.8. The number of carboxylic acids is 1. The average molecular weight is 253 g/mol. The van der Waals surface area contributed by atoms with E-state index in [1.807, 2.05) is 20.8 Å². The maximum atomic E-state index is 11.2. The first-order valence-electron chi connectivity index (χ1n) is 5.93. The van der Waals surface area contributed by atoms with E-state index in [1.165, 1.54) is 6.20 Å². The van der Waals surface area contributed by atoms with Gasteiger partial charge in [0.2, 0.25) is 0 Å². The predicted molar refractivity (Wildman–Crippen MR) is 67.9 cm³/mol. The van der Waals surface area contributed by atoms with Gasteiger partial charge in [0, 0.05) is 18.6 Å². The number of carbonyl (C=O) groups is 1. The minimum Gasteiger partial charge on any atom is -0.476 e. The maximum Gasteiger partial charge on any atom is 0.356 e. The molecule has 0 aromatic carbocycles. The lowest BCUT2D eigenvalue weighted by atomic mass is 10.2. The van der Waals surface area contributed by atoms with Crippen LogP contribution in [0, 0.1) is 0 Å². The van der Waals surface area contributed by atoms with Crippen molar-refractivity contribution in [3.05, 3.63) is 17.7 Å². The van der Waals surface area contributed by atoms with Crippen molar-refractivity contribution >= 4 is 11.7 Å². The van der Waals surface area contributed by atoms with Crippen LogP contribution >= 0.6 is 0 Å². The standard InChI is InChI=1S/C12H19N3O3/c1-7(2)11-13-6-9(10(15-11)12(17)18)14-8(3)4-5-16/h6-8,14,16H,4-5H2,1-3H3,(H,17,18). The number of aliphatic hydroxyl groups excluding tert-OH is 1. The molecule has 3 N–H and O–H groups in total. The van der Waals surface area contributed by atoms with Gasteiger partial charge >= 0.3 is 5.97 Å². The second-order valence-corrected chi connectivity index (χ2v) is 4.51. The van der Waals surface area contributed by atoms with Crippen molar-refractivity contribution in [3.63, 3.8) is 0 Å². The third-order valence-corrected chi connectivity index (χ3v) is 2.49. The lowest BCUT2D eigenvalue weighted by molar-refractivity contribution is 0.0691. The third-order valence-electron chi connectivity index (χ3n) is 2.49. The summed E-state index contributed by atoms with van der Waals surface area (Å²) in [5.74, 6) is -0.502. The van der Waals surface area contributed by atoms with E-state index in [0.717, 1.165) is 0 Å². The Labute approximate surface area is 106 Å². The normalized spacial score (nSPS) is 12.5. The Morgan fingerprint density at radius 1 is 1.44 bits per heavy atom. The first-order valence-corrected chi connectivity index (χ1v) is 5.93. The summed E-state index contributed by atoms with van der Waals surface area (Å²) in [4.78, 5) is 19.3. The van der Waals surface area contributed by atoms with E-state index >= 15 is 0 Å². The highest BCUT2D eigenvalue weighted by Crippen LogP contribution is 2.17. The van der Waals surface area contributed by atoms with E-state index in [1.54, 1.807) is 0 Å². The van der Waals surface area contributed by atoms with Gasteiger partial charge in [-0.2, -0.15) is 0 Å². The van der Waals surface area contributed by atoms with Crippen LogP contribution in [0.25, 0.3) is 0 Å². The molecule has 0 spiro atoms. The van der Waals surface area contributed by atoms with Gasteiger partial charge in [-0.1, -0.05) is 13.8 Å². The number of hydrogen-bond acceptors (Lipinski definition) is 5. The molecular formula is C12H19N3O3. The molecule has 1 rings (SSSR count). The molecule has 1 heterocycles. The van der Waals surface area contributed by atoms with Gasteiger partial charge in [0.05, 0.1) is 11.9 Å². The molecule has 1 aromatic rings. The van der Waals surface area contributed by atoms with E-state index in [0.29, 0.717) is 17.9 Å². The number of anilines is 1. The lowest BCUT2D eigenvalue weighted by Crippen LogP contribution is -2.20. The summed E-state index contributed by atoms with van der Waals surface area (Å²) in [6.45, 7) is 5.71. The van der Waals surface area contributed by atoms with E-state index in [9.17, 15) is 4.79 Å². The van der Waals surface area contributed by atoms with Crippen LogP contribution in [0.4, 0.5) is 5.69 Å². The molecule has 1 atom stereocenters. The molecular weight excluding hydrogens is 234 g/mol. The van der Waals surface area contributed by atoms with Gasteiger partial charge in [-0.05, 0) is 13.3 Å². The molecule has 100 valence electrons. The number of rotatable bonds is 6. The van der Waals surface area contributed by atoms with Crippen LogP contribution < -0.4 is 5.32 Å². The fourth-order valence-corrected chi connectivity index (χ4v) is 1.47. The lowest BCUT2D eigenvalue weighted by Gasteiger charge is -2.16. The predicted octanol–water partition coefficient (Wildman–Crippen LogP) is 1.48. The minimum absolute atomic E-state index is 0.0292.